The highest BCUT2D eigenvalue weighted by atomic mass is 31.1. The van der Waals surface area contributed by atoms with Crippen LogP contribution in [0.3, 0.4) is 0 Å². The Labute approximate surface area is 65.4 Å². The average Bonchev–Trinajstić information content (AvgIpc) is 1.87. The molecule has 0 heterocycles. The Kier molecular flexibility index (Phi) is 7.28. The second kappa shape index (κ2) is 7.21. The van der Waals surface area contributed by atoms with Crippen LogP contribution >= 0.6 is 8.46 Å². The third-order valence-corrected chi connectivity index (χ3v) is 2.12. The minimum Gasteiger partial charge on any atom is -0.0775 e. The summed E-state index contributed by atoms with van der Waals surface area (Å²) in [5.74, 6) is 0.828. The minimum absolute atomic E-state index is 0.0865. The molecule has 0 saturated carbocycles. The van der Waals surface area contributed by atoms with E-state index in [-0.39, 0.29) is 8.46 Å². The molecule has 1 nitrogen and oxygen atoms in total. The first-order valence-electron chi connectivity index (χ1n) is 4.12. The van der Waals surface area contributed by atoms with Gasteiger partial charge in [0.15, 0.2) is 0 Å². The van der Waals surface area contributed by atoms with E-state index in [2.05, 4.69) is 13.8 Å². The van der Waals surface area contributed by atoms with Gasteiger partial charge in [0, 0.05) is 0 Å². The molecule has 1 unspecified atom stereocenters. The SMILES string of the molecule is CC(C)CCCCC[PH+]=O. The highest BCUT2D eigenvalue weighted by molar-refractivity contribution is 7.23. The molecule has 0 saturated heterocycles. The molecule has 60 valence electrons. The molecule has 0 spiro atoms. The molecule has 1 atom stereocenters. The molecule has 0 aliphatic carbocycles. The number of hydrogen-bond acceptors (Lipinski definition) is 1. The van der Waals surface area contributed by atoms with Gasteiger partial charge in [0.1, 0.15) is 6.16 Å². The zero-order chi connectivity index (χ0) is 7.82. The van der Waals surface area contributed by atoms with E-state index in [1.807, 2.05) is 0 Å². The van der Waals surface area contributed by atoms with E-state index in [4.69, 9.17) is 0 Å². The Morgan fingerprint density at radius 2 is 1.90 bits per heavy atom. The van der Waals surface area contributed by atoms with Crippen molar-refractivity contribution < 1.29 is 4.57 Å². The van der Waals surface area contributed by atoms with Crippen LogP contribution in [0.5, 0.6) is 0 Å². The molecule has 0 bridgehead atoms. The van der Waals surface area contributed by atoms with Crippen molar-refractivity contribution in [1.82, 2.24) is 0 Å². The van der Waals surface area contributed by atoms with E-state index < -0.39 is 0 Å². The van der Waals surface area contributed by atoms with Gasteiger partial charge in [-0.25, -0.2) is 0 Å². The Bertz CT molecular complexity index is 81.3. The van der Waals surface area contributed by atoms with Crippen molar-refractivity contribution in [3.8, 4) is 0 Å². The third-order valence-electron chi connectivity index (χ3n) is 1.56. The Hall–Kier alpha value is 0.100. The fraction of sp³-hybridized carbons (Fsp3) is 1.00. The van der Waals surface area contributed by atoms with Crippen molar-refractivity contribution in [2.24, 2.45) is 5.92 Å². The molecule has 0 radical (unpaired) electrons. The van der Waals surface area contributed by atoms with Gasteiger partial charge in [-0.05, 0) is 18.8 Å². The molecule has 0 aliphatic rings. The van der Waals surface area contributed by atoms with Crippen molar-refractivity contribution in [3.63, 3.8) is 0 Å². The summed E-state index contributed by atoms with van der Waals surface area (Å²) in [6, 6.07) is 0. The Morgan fingerprint density at radius 3 is 2.40 bits per heavy atom. The summed E-state index contributed by atoms with van der Waals surface area (Å²) in [7, 11) is -0.0865. The number of unbranched alkanes of at least 4 members (excludes halogenated alkanes) is 2. The molecule has 0 N–H and O–H groups in total. The highest BCUT2D eigenvalue weighted by Gasteiger charge is 1.95. The monoisotopic (exact) mass is 161 g/mol. The lowest BCUT2D eigenvalue weighted by molar-refractivity contribution is 0.534. The van der Waals surface area contributed by atoms with E-state index in [1.54, 1.807) is 0 Å². The van der Waals surface area contributed by atoms with E-state index in [9.17, 15) is 4.57 Å². The van der Waals surface area contributed by atoms with Crippen LogP contribution in [0, 0.1) is 5.92 Å². The molecule has 0 aromatic rings. The summed E-state index contributed by atoms with van der Waals surface area (Å²) >= 11 is 0. The fourth-order valence-corrected chi connectivity index (χ4v) is 1.32. The Morgan fingerprint density at radius 1 is 1.20 bits per heavy atom. The van der Waals surface area contributed by atoms with Gasteiger partial charge in [0.2, 0.25) is 0 Å². The molecule has 0 rings (SSSR count). The average molecular weight is 161 g/mol. The standard InChI is InChI=1S/C8H17OP/c1-8(2)6-4-3-5-7-10-9/h8H,3-7H2,1-2H3/p+1. The van der Waals surface area contributed by atoms with Crippen molar-refractivity contribution in [3.05, 3.63) is 0 Å². The fourth-order valence-electron chi connectivity index (χ4n) is 0.927. The van der Waals surface area contributed by atoms with Crippen LogP contribution in [0.1, 0.15) is 39.5 Å². The first kappa shape index (κ1) is 10.1. The molecule has 0 aromatic heterocycles. The predicted octanol–water partition coefficient (Wildman–Crippen LogP) is 3.23. The largest absolute Gasteiger partial charge is 0.324 e. The molecule has 0 amide bonds. The number of hydrogen-bond donors (Lipinski definition) is 0. The molecule has 10 heavy (non-hydrogen) atoms. The second-order valence-corrected chi connectivity index (χ2v) is 3.93. The maximum absolute atomic E-state index is 10.1. The van der Waals surface area contributed by atoms with Crippen LogP contribution in [0.15, 0.2) is 0 Å². The second-order valence-electron chi connectivity index (χ2n) is 3.14. The van der Waals surface area contributed by atoms with Crippen molar-refractivity contribution in [1.29, 1.82) is 0 Å². The topological polar surface area (TPSA) is 17.1 Å². The van der Waals surface area contributed by atoms with Crippen LogP contribution < -0.4 is 0 Å². The lowest BCUT2D eigenvalue weighted by Crippen LogP contribution is -1.86. The quantitative estimate of drug-likeness (QED) is 0.431. The first-order chi connectivity index (χ1) is 4.77. The smallest absolute Gasteiger partial charge is 0.0775 e. The maximum atomic E-state index is 10.1. The summed E-state index contributed by atoms with van der Waals surface area (Å²) < 4.78 is 10.1. The van der Waals surface area contributed by atoms with Gasteiger partial charge < -0.3 is 0 Å². The van der Waals surface area contributed by atoms with Crippen LogP contribution in [0.2, 0.25) is 0 Å². The molecule has 0 aromatic carbocycles. The van der Waals surface area contributed by atoms with Crippen molar-refractivity contribution in [2.45, 2.75) is 39.5 Å². The number of rotatable bonds is 6. The van der Waals surface area contributed by atoms with Gasteiger partial charge in [-0.15, -0.1) is 0 Å². The summed E-state index contributed by atoms with van der Waals surface area (Å²) in [6.07, 6.45) is 5.93. The third kappa shape index (κ3) is 8.10. The van der Waals surface area contributed by atoms with E-state index in [1.165, 1.54) is 19.3 Å². The van der Waals surface area contributed by atoms with Gasteiger partial charge in [-0.3, -0.25) is 0 Å². The van der Waals surface area contributed by atoms with Crippen LogP contribution in [0.4, 0.5) is 0 Å². The van der Waals surface area contributed by atoms with Gasteiger partial charge in [0.25, 0.3) is 0 Å². The van der Waals surface area contributed by atoms with Crippen LogP contribution in [-0.2, 0) is 4.57 Å². The van der Waals surface area contributed by atoms with Crippen LogP contribution in [-0.4, -0.2) is 6.16 Å². The van der Waals surface area contributed by atoms with Gasteiger partial charge in [0.05, 0.1) is 0 Å². The highest BCUT2D eigenvalue weighted by Crippen LogP contribution is 2.09. The lowest BCUT2D eigenvalue weighted by Gasteiger charge is -2.00. The van der Waals surface area contributed by atoms with Gasteiger partial charge in [-0.2, -0.15) is 0 Å². The molecule has 0 fully saturated rings. The van der Waals surface area contributed by atoms with E-state index in [0.717, 1.165) is 18.5 Å². The van der Waals surface area contributed by atoms with Gasteiger partial charge in [-0.1, -0.05) is 31.3 Å². The lowest BCUT2D eigenvalue weighted by atomic mass is 10.1. The molecule has 2 heteroatoms. The van der Waals surface area contributed by atoms with Crippen LogP contribution in [0.25, 0.3) is 0 Å². The zero-order valence-corrected chi connectivity index (χ0v) is 8.02. The normalized spacial score (nSPS) is 11.1. The Balaban J connectivity index is 2.83. The summed E-state index contributed by atoms with van der Waals surface area (Å²) in [4.78, 5) is 0. The first-order valence-corrected chi connectivity index (χ1v) is 5.24. The summed E-state index contributed by atoms with van der Waals surface area (Å²) in [6.45, 7) is 4.49. The molecule has 0 aliphatic heterocycles. The minimum atomic E-state index is -0.0865. The zero-order valence-electron chi connectivity index (χ0n) is 7.02. The van der Waals surface area contributed by atoms with Gasteiger partial charge >= 0.3 is 8.46 Å². The van der Waals surface area contributed by atoms with E-state index >= 15 is 0 Å². The van der Waals surface area contributed by atoms with Crippen molar-refractivity contribution in [2.75, 3.05) is 6.16 Å². The summed E-state index contributed by atoms with van der Waals surface area (Å²) in [5, 5.41) is 0. The maximum Gasteiger partial charge on any atom is 0.324 e. The molecular weight excluding hydrogens is 143 g/mol. The van der Waals surface area contributed by atoms with Crippen molar-refractivity contribution >= 4 is 8.46 Å². The summed E-state index contributed by atoms with van der Waals surface area (Å²) in [5.41, 5.74) is 0. The van der Waals surface area contributed by atoms with E-state index in [0.29, 0.717) is 0 Å². The predicted molar refractivity (Wildman–Crippen MR) is 47.2 cm³/mol. The molecular formula is C8H18OP+.